The second-order valence-corrected chi connectivity index (χ2v) is 7.50. The maximum absolute atomic E-state index is 11.0. The van der Waals surface area contributed by atoms with E-state index >= 15 is 0 Å². The van der Waals surface area contributed by atoms with Crippen LogP contribution in [0, 0.1) is 11.3 Å². The normalized spacial score (nSPS) is 18.8. The minimum atomic E-state index is -3.43. The predicted molar refractivity (Wildman–Crippen MR) is 85.8 cm³/mol. The summed E-state index contributed by atoms with van der Waals surface area (Å²) >= 11 is 5.87. The first-order valence-corrected chi connectivity index (χ1v) is 9.10. The van der Waals surface area contributed by atoms with Crippen molar-refractivity contribution in [3.8, 4) is 6.07 Å². The zero-order valence-electron chi connectivity index (χ0n) is 12.2. The van der Waals surface area contributed by atoms with Gasteiger partial charge in [0.1, 0.15) is 6.04 Å². The SMILES string of the molecule is N#C[C@H](c1ccc(Cl)cc1)N1CCN(CCS(N)(=O)=O)CC1. The summed E-state index contributed by atoms with van der Waals surface area (Å²) < 4.78 is 22.0. The second kappa shape index (κ2) is 7.40. The summed E-state index contributed by atoms with van der Waals surface area (Å²) in [6, 6.07) is 9.31. The summed E-state index contributed by atoms with van der Waals surface area (Å²) in [6.45, 7) is 3.31. The van der Waals surface area contributed by atoms with E-state index in [0.29, 0.717) is 24.7 Å². The molecule has 0 bridgehead atoms. The highest BCUT2D eigenvalue weighted by Gasteiger charge is 2.25. The Labute approximate surface area is 136 Å². The maximum atomic E-state index is 11.0. The van der Waals surface area contributed by atoms with Crippen LogP contribution in [0.3, 0.4) is 0 Å². The molecule has 1 aromatic rings. The zero-order chi connectivity index (χ0) is 16.2. The van der Waals surface area contributed by atoms with Gasteiger partial charge in [-0.3, -0.25) is 9.80 Å². The van der Waals surface area contributed by atoms with Crippen LogP contribution in [0.5, 0.6) is 0 Å². The number of hydrogen-bond donors (Lipinski definition) is 1. The minimum absolute atomic E-state index is 0.0359. The molecule has 8 heteroatoms. The third-order valence-electron chi connectivity index (χ3n) is 3.77. The number of sulfonamides is 1. The van der Waals surface area contributed by atoms with E-state index < -0.39 is 10.0 Å². The fourth-order valence-corrected chi connectivity index (χ4v) is 3.15. The number of nitriles is 1. The molecule has 1 heterocycles. The number of halogens is 1. The molecule has 1 aliphatic rings. The van der Waals surface area contributed by atoms with Gasteiger partial charge in [-0.15, -0.1) is 0 Å². The molecule has 1 aliphatic heterocycles. The molecule has 22 heavy (non-hydrogen) atoms. The monoisotopic (exact) mass is 342 g/mol. The van der Waals surface area contributed by atoms with Crippen molar-refractivity contribution in [2.45, 2.75) is 6.04 Å². The number of nitrogens with two attached hydrogens (primary N) is 1. The summed E-state index contributed by atoms with van der Waals surface area (Å²) in [5, 5.41) is 15.1. The van der Waals surface area contributed by atoms with Crippen molar-refractivity contribution in [2.24, 2.45) is 5.14 Å². The van der Waals surface area contributed by atoms with Crippen molar-refractivity contribution in [1.29, 1.82) is 5.26 Å². The number of piperazine rings is 1. The summed E-state index contributed by atoms with van der Waals surface area (Å²) in [5.41, 5.74) is 0.921. The van der Waals surface area contributed by atoms with E-state index in [9.17, 15) is 13.7 Å². The summed E-state index contributed by atoms with van der Waals surface area (Å²) in [4.78, 5) is 4.15. The van der Waals surface area contributed by atoms with Gasteiger partial charge in [-0.2, -0.15) is 5.26 Å². The molecule has 1 aromatic carbocycles. The third-order valence-corrected chi connectivity index (χ3v) is 4.78. The third kappa shape index (κ3) is 4.93. The molecular weight excluding hydrogens is 324 g/mol. The van der Waals surface area contributed by atoms with Gasteiger partial charge in [-0.1, -0.05) is 23.7 Å². The van der Waals surface area contributed by atoms with Gasteiger partial charge in [-0.05, 0) is 17.7 Å². The van der Waals surface area contributed by atoms with Crippen LogP contribution in [0.2, 0.25) is 5.02 Å². The van der Waals surface area contributed by atoms with E-state index in [2.05, 4.69) is 15.9 Å². The average molecular weight is 343 g/mol. The lowest BCUT2D eigenvalue weighted by Gasteiger charge is -2.36. The van der Waals surface area contributed by atoms with E-state index in [-0.39, 0.29) is 11.8 Å². The lowest BCUT2D eigenvalue weighted by Crippen LogP contribution is -2.48. The maximum Gasteiger partial charge on any atom is 0.210 e. The lowest BCUT2D eigenvalue weighted by molar-refractivity contribution is 0.119. The number of benzene rings is 1. The van der Waals surface area contributed by atoms with Crippen LogP contribution in [-0.2, 0) is 10.0 Å². The molecule has 0 saturated carbocycles. The Kier molecular flexibility index (Phi) is 5.78. The Morgan fingerprint density at radius 2 is 1.82 bits per heavy atom. The largest absolute Gasteiger partial charge is 0.300 e. The topological polar surface area (TPSA) is 90.4 Å². The van der Waals surface area contributed by atoms with Crippen molar-refractivity contribution in [2.75, 3.05) is 38.5 Å². The highest BCUT2D eigenvalue weighted by Crippen LogP contribution is 2.23. The van der Waals surface area contributed by atoms with Crippen molar-refractivity contribution in [3.05, 3.63) is 34.9 Å². The Hall–Kier alpha value is -1.17. The standard InChI is InChI=1S/C14H19ClN4O2S/c15-13-3-1-12(2-4-13)14(11-16)19-7-5-18(6-8-19)9-10-22(17,20)21/h1-4,14H,5-10H2,(H2,17,20,21)/t14-/m1/s1. The predicted octanol–water partition coefficient (Wildman–Crippen LogP) is 0.811. The molecule has 0 aromatic heterocycles. The molecule has 0 unspecified atom stereocenters. The van der Waals surface area contributed by atoms with E-state index in [0.717, 1.165) is 18.7 Å². The van der Waals surface area contributed by atoms with Crippen LogP contribution in [0.25, 0.3) is 0 Å². The molecule has 6 nitrogen and oxygen atoms in total. The Bertz CT molecular complexity index is 634. The van der Waals surface area contributed by atoms with Crippen LogP contribution in [0.15, 0.2) is 24.3 Å². The first kappa shape index (κ1) is 17.2. The zero-order valence-corrected chi connectivity index (χ0v) is 13.7. The highest BCUT2D eigenvalue weighted by molar-refractivity contribution is 7.89. The van der Waals surface area contributed by atoms with E-state index in [4.69, 9.17) is 16.7 Å². The average Bonchev–Trinajstić information content (AvgIpc) is 2.48. The van der Waals surface area contributed by atoms with Gasteiger partial charge >= 0.3 is 0 Å². The number of nitrogens with zero attached hydrogens (tertiary/aromatic N) is 3. The number of rotatable bonds is 5. The molecule has 1 atom stereocenters. The van der Waals surface area contributed by atoms with Crippen LogP contribution >= 0.6 is 11.6 Å². The molecule has 1 fully saturated rings. The fraction of sp³-hybridized carbons (Fsp3) is 0.500. The smallest absolute Gasteiger partial charge is 0.210 e. The van der Waals surface area contributed by atoms with Crippen LogP contribution in [0.4, 0.5) is 0 Å². The Morgan fingerprint density at radius 3 is 2.32 bits per heavy atom. The van der Waals surface area contributed by atoms with E-state index in [1.807, 2.05) is 12.1 Å². The molecule has 0 aliphatic carbocycles. The molecule has 2 rings (SSSR count). The van der Waals surface area contributed by atoms with Crippen molar-refractivity contribution < 1.29 is 8.42 Å². The molecule has 1 saturated heterocycles. The minimum Gasteiger partial charge on any atom is -0.300 e. The highest BCUT2D eigenvalue weighted by atomic mass is 35.5. The van der Waals surface area contributed by atoms with Gasteiger partial charge in [-0.25, -0.2) is 13.6 Å². The van der Waals surface area contributed by atoms with Crippen molar-refractivity contribution in [3.63, 3.8) is 0 Å². The summed E-state index contributed by atoms with van der Waals surface area (Å²) in [5.74, 6) is -0.0359. The lowest BCUT2D eigenvalue weighted by atomic mass is 10.1. The summed E-state index contributed by atoms with van der Waals surface area (Å²) in [7, 11) is -3.43. The molecular formula is C14H19ClN4O2S. The van der Waals surface area contributed by atoms with Crippen molar-refractivity contribution >= 4 is 21.6 Å². The van der Waals surface area contributed by atoms with Crippen LogP contribution < -0.4 is 5.14 Å². The second-order valence-electron chi connectivity index (χ2n) is 5.33. The number of primary sulfonamides is 1. The Balaban J connectivity index is 1.92. The first-order valence-electron chi connectivity index (χ1n) is 7.01. The van der Waals surface area contributed by atoms with Gasteiger partial charge in [0, 0.05) is 37.7 Å². The quantitative estimate of drug-likeness (QED) is 0.855. The van der Waals surface area contributed by atoms with E-state index in [1.165, 1.54) is 0 Å². The fourth-order valence-electron chi connectivity index (χ4n) is 2.51. The van der Waals surface area contributed by atoms with Gasteiger partial charge in [0.05, 0.1) is 11.8 Å². The number of hydrogen-bond acceptors (Lipinski definition) is 5. The van der Waals surface area contributed by atoms with Gasteiger partial charge in [0.25, 0.3) is 0 Å². The van der Waals surface area contributed by atoms with Gasteiger partial charge in [0.15, 0.2) is 0 Å². The molecule has 0 spiro atoms. The van der Waals surface area contributed by atoms with Crippen molar-refractivity contribution in [1.82, 2.24) is 9.80 Å². The first-order chi connectivity index (χ1) is 10.4. The molecule has 0 amide bonds. The van der Waals surface area contributed by atoms with Gasteiger partial charge in [0.2, 0.25) is 10.0 Å². The Morgan fingerprint density at radius 1 is 1.23 bits per heavy atom. The van der Waals surface area contributed by atoms with Gasteiger partial charge < -0.3 is 0 Å². The molecule has 120 valence electrons. The van der Waals surface area contributed by atoms with Crippen LogP contribution in [0.1, 0.15) is 11.6 Å². The van der Waals surface area contributed by atoms with Crippen LogP contribution in [-0.4, -0.2) is 56.7 Å². The molecule has 2 N–H and O–H groups in total. The van der Waals surface area contributed by atoms with E-state index in [1.54, 1.807) is 12.1 Å². The summed E-state index contributed by atoms with van der Waals surface area (Å²) in [6.07, 6.45) is 0. The molecule has 0 radical (unpaired) electrons.